The van der Waals surface area contributed by atoms with E-state index in [1.165, 1.54) is 0 Å². The predicted molar refractivity (Wildman–Crippen MR) is 135 cm³/mol. The Hall–Kier alpha value is -2.58. The van der Waals surface area contributed by atoms with E-state index in [4.69, 9.17) is 16.3 Å². The van der Waals surface area contributed by atoms with Crippen LogP contribution in [0.25, 0.3) is 0 Å². The molecule has 2 aromatic rings. The number of ether oxygens (including phenoxy) is 1. The van der Waals surface area contributed by atoms with Crippen LogP contribution in [0, 0.1) is 12.3 Å². The van der Waals surface area contributed by atoms with Crippen LogP contribution in [-0.4, -0.2) is 89.2 Å². The Morgan fingerprint density at radius 3 is 2.60 bits per heavy atom. The number of amides is 2. The summed E-state index contributed by atoms with van der Waals surface area (Å²) >= 11 is 6.15. The Kier molecular flexibility index (Phi) is 8.34. The van der Waals surface area contributed by atoms with Crippen molar-refractivity contribution in [3.8, 4) is 5.75 Å². The summed E-state index contributed by atoms with van der Waals surface area (Å²) in [6.07, 6.45) is 4.21. The van der Waals surface area contributed by atoms with Crippen LogP contribution >= 0.6 is 11.6 Å². The van der Waals surface area contributed by atoms with Gasteiger partial charge in [0.25, 0.3) is 0 Å². The first-order valence-electron chi connectivity index (χ1n) is 12.4. The van der Waals surface area contributed by atoms with Crippen molar-refractivity contribution in [2.24, 2.45) is 5.41 Å². The van der Waals surface area contributed by atoms with E-state index >= 15 is 0 Å². The third-order valence-electron chi connectivity index (χ3n) is 7.20. The summed E-state index contributed by atoms with van der Waals surface area (Å²) in [5.74, 6) is 0.926. The number of hydrogen-bond acceptors (Lipinski definition) is 5. The van der Waals surface area contributed by atoms with Crippen molar-refractivity contribution in [3.63, 3.8) is 0 Å². The molecular weight excluding hydrogens is 466 g/mol. The van der Waals surface area contributed by atoms with Crippen LogP contribution in [0.1, 0.15) is 31.4 Å². The lowest BCUT2D eigenvalue weighted by atomic mass is 9.77. The number of piperazine rings is 1. The third kappa shape index (κ3) is 6.76. The Balaban J connectivity index is 1.45. The fourth-order valence-corrected chi connectivity index (χ4v) is 5.19. The molecule has 1 aromatic carbocycles. The lowest BCUT2D eigenvalue weighted by Crippen LogP contribution is -2.53. The van der Waals surface area contributed by atoms with Crippen LogP contribution in [0.5, 0.6) is 5.75 Å². The molecule has 2 aliphatic heterocycles. The molecule has 0 saturated carbocycles. The van der Waals surface area contributed by atoms with Gasteiger partial charge in [-0.15, -0.1) is 0 Å². The second-order valence-electron chi connectivity index (χ2n) is 9.97. The van der Waals surface area contributed by atoms with Crippen molar-refractivity contribution in [1.29, 1.82) is 0 Å². The quantitative estimate of drug-likeness (QED) is 0.556. The van der Waals surface area contributed by atoms with Crippen molar-refractivity contribution in [1.82, 2.24) is 24.5 Å². The van der Waals surface area contributed by atoms with Gasteiger partial charge in [-0.1, -0.05) is 17.7 Å². The molecular formula is C26H36ClN5O3. The molecule has 2 saturated heterocycles. The molecule has 3 heterocycles. The Morgan fingerprint density at radius 2 is 1.89 bits per heavy atom. The molecule has 8 nitrogen and oxygen atoms in total. The van der Waals surface area contributed by atoms with Gasteiger partial charge in [-0.25, -0.2) is 0 Å². The number of aromatic nitrogens is 2. The molecule has 0 spiro atoms. The highest BCUT2D eigenvalue weighted by molar-refractivity contribution is 6.30. The zero-order chi connectivity index (χ0) is 24.8. The molecule has 0 N–H and O–H groups in total. The maximum atomic E-state index is 13.4. The highest BCUT2D eigenvalue weighted by Gasteiger charge is 2.41. The zero-order valence-corrected chi connectivity index (χ0v) is 21.5. The molecule has 2 fully saturated rings. The van der Waals surface area contributed by atoms with Crippen LogP contribution in [-0.2, 0) is 16.1 Å². The van der Waals surface area contributed by atoms with Gasteiger partial charge in [0, 0.05) is 81.0 Å². The molecule has 0 bridgehead atoms. The van der Waals surface area contributed by atoms with Crippen molar-refractivity contribution < 1.29 is 14.3 Å². The molecule has 2 aliphatic rings. The monoisotopic (exact) mass is 501 g/mol. The highest BCUT2D eigenvalue weighted by atomic mass is 35.5. The van der Waals surface area contributed by atoms with Gasteiger partial charge in [-0.05, 0) is 51.1 Å². The lowest BCUT2D eigenvalue weighted by molar-refractivity contribution is -0.142. The molecule has 0 unspecified atom stereocenters. The van der Waals surface area contributed by atoms with Gasteiger partial charge in [-0.2, -0.15) is 5.10 Å². The molecule has 35 heavy (non-hydrogen) atoms. The number of carbonyl (C=O) groups excluding carboxylic acids is 2. The lowest BCUT2D eigenvalue weighted by Gasteiger charge is -2.43. The summed E-state index contributed by atoms with van der Waals surface area (Å²) in [6, 6.07) is 9.26. The number of likely N-dealkylation sites (N-methyl/N-ethyl adjacent to an activating group) is 1. The largest absolute Gasteiger partial charge is 0.493 e. The third-order valence-corrected chi connectivity index (χ3v) is 7.44. The minimum Gasteiger partial charge on any atom is -0.493 e. The second kappa shape index (κ2) is 11.4. The smallest absolute Gasteiger partial charge is 0.224 e. The molecule has 4 rings (SSSR count). The van der Waals surface area contributed by atoms with Gasteiger partial charge < -0.3 is 19.4 Å². The normalized spacial score (nSPS) is 21.2. The summed E-state index contributed by atoms with van der Waals surface area (Å²) in [6.45, 7) is 7.39. The topological polar surface area (TPSA) is 70.9 Å². The predicted octanol–water partition coefficient (Wildman–Crippen LogP) is 3.09. The Bertz CT molecular complexity index is 1020. The van der Waals surface area contributed by atoms with Crippen molar-refractivity contribution in [3.05, 3.63) is 47.2 Å². The van der Waals surface area contributed by atoms with Gasteiger partial charge >= 0.3 is 0 Å². The fraction of sp³-hybridized carbons (Fsp3) is 0.577. The number of benzene rings is 1. The van der Waals surface area contributed by atoms with Gasteiger partial charge in [-0.3, -0.25) is 14.3 Å². The number of hydrogen-bond donors (Lipinski definition) is 0. The van der Waals surface area contributed by atoms with Crippen molar-refractivity contribution in [2.45, 2.75) is 39.2 Å². The van der Waals surface area contributed by atoms with E-state index in [-0.39, 0.29) is 11.8 Å². The first-order valence-corrected chi connectivity index (χ1v) is 12.8. The van der Waals surface area contributed by atoms with Crippen molar-refractivity contribution in [2.75, 3.05) is 52.9 Å². The van der Waals surface area contributed by atoms with E-state index in [2.05, 4.69) is 17.0 Å². The number of rotatable bonds is 8. The molecule has 0 radical (unpaired) electrons. The van der Waals surface area contributed by atoms with Crippen LogP contribution < -0.4 is 4.74 Å². The summed E-state index contributed by atoms with van der Waals surface area (Å²) in [7, 11) is 2.08. The maximum absolute atomic E-state index is 13.4. The molecule has 9 heteroatoms. The SMILES string of the molecule is Cc1ccnn1CCC(=O)N1CCC[C@@](COc2cccc(Cl)c2)(CC(=O)N2CCN(C)CC2)C1. The van der Waals surface area contributed by atoms with Crippen LogP contribution in [0.2, 0.25) is 5.02 Å². The number of likely N-dealkylation sites (tertiary alicyclic amines) is 1. The first kappa shape index (κ1) is 25.5. The Morgan fingerprint density at radius 1 is 1.09 bits per heavy atom. The standard InChI is InChI=1S/C26H36ClN5O3/c1-21-7-10-28-32(21)12-8-24(33)31-11-4-9-26(19-31,20-35-23-6-3-5-22(27)17-23)18-25(34)30-15-13-29(2)14-16-30/h3,5-7,10,17H,4,8-9,11-16,18-20H2,1-2H3/t26-/m1/s1. The molecule has 1 atom stereocenters. The van der Waals surface area contributed by atoms with E-state index in [0.717, 1.165) is 44.7 Å². The summed E-state index contributed by atoms with van der Waals surface area (Å²) in [5.41, 5.74) is 0.608. The minimum atomic E-state index is -0.432. The highest BCUT2D eigenvalue weighted by Crippen LogP contribution is 2.36. The fourth-order valence-electron chi connectivity index (χ4n) is 5.01. The van der Waals surface area contributed by atoms with Gasteiger partial charge in [0.1, 0.15) is 5.75 Å². The van der Waals surface area contributed by atoms with Crippen LogP contribution in [0.15, 0.2) is 36.5 Å². The van der Waals surface area contributed by atoms with Crippen molar-refractivity contribution >= 4 is 23.4 Å². The number of carbonyl (C=O) groups is 2. The molecule has 190 valence electrons. The van der Waals surface area contributed by atoms with E-state index < -0.39 is 5.41 Å². The summed E-state index contributed by atoms with van der Waals surface area (Å²) in [5, 5.41) is 4.90. The van der Waals surface area contributed by atoms with E-state index in [1.807, 2.05) is 45.7 Å². The maximum Gasteiger partial charge on any atom is 0.224 e. The van der Waals surface area contributed by atoms with Crippen LogP contribution in [0.4, 0.5) is 0 Å². The minimum absolute atomic E-state index is 0.0961. The van der Waals surface area contributed by atoms with E-state index in [0.29, 0.717) is 49.9 Å². The number of aryl methyl sites for hydroxylation is 2. The average molecular weight is 502 g/mol. The van der Waals surface area contributed by atoms with E-state index in [9.17, 15) is 9.59 Å². The van der Waals surface area contributed by atoms with Gasteiger partial charge in [0.05, 0.1) is 6.61 Å². The zero-order valence-electron chi connectivity index (χ0n) is 20.8. The van der Waals surface area contributed by atoms with Gasteiger partial charge in [0.2, 0.25) is 11.8 Å². The molecule has 0 aliphatic carbocycles. The summed E-state index contributed by atoms with van der Waals surface area (Å²) < 4.78 is 8.04. The number of halogens is 1. The first-order chi connectivity index (χ1) is 16.8. The number of nitrogens with zero attached hydrogens (tertiary/aromatic N) is 5. The molecule has 2 amide bonds. The second-order valence-corrected chi connectivity index (χ2v) is 10.4. The van der Waals surface area contributed by atoms with E-state index in [1.54, 1.807) is 12.3 Å². The van der Waals surface area contributed by atoms with Crippen LogP contribution in [0.3, 0.4) is 0 Å². The summed E-state index contributed by atoms with van der Waals surface area (Å²) in [4.78, 5) is 32.6. The number of piperidine rings is 1. The molecule has 1 aromatic heterocycles. The average Bonchev–Trinajstić information content (AvgIpc) is 3.26. The van der Waals surface area contributed by atoms with Gasteiger partial charge in [0.15, 0.2) is 0 Å². The Labute approximate surface area is 212 Å².